The second-order valence-corrected chi connectivity index (χ2v) is 4.52. The van der Waals surface area contributed by atoms with Crippen molar-refractivity contribution < 1.29 is 23.4 Å². The summed E-state index contributed by atoms with van der Waals surface area (Å²) in [5.41, 5.74) is 0.247. The molecule has 100 valence electrons. The maximum Gasteiger partial charge on any atom is 0.317 e. The summed E-state index contributed by atoms with van der Waals surface area (Å²) in [6, 6.07) is 6.16. The zero-order chi connectivity index (χ0) is 13.7. The SMILES string of the molecule is CCOC(=O)C(C(F)F)C(O)c1ccc(Br)cc1. The number of ether oxygens (including phenoxy) is 1. The van der Waals surface area contributed by atoms with Crippen molar-refractivity contribution in [1.29, 1.82) is 0 Å². The Bertz CT molecular complexity index is 395. The molecule has 0 radical (unpaired) electrons. The molecule has 0 saturated heterocycles. The number of alkyl halides is 2. The Hall–Kier alpha value is -1.01. The molecule has 2 unspecified atom stereocenters. The Balaban J connectivity index is 2.92. The molecule has 1 rings (SSSR count). The van der Waals surface area contributed by atoms with Crippen LogP contribution in [0.1, 0.15) is 18.6 Å². The van der Waals surface area contributed by atoms with E-state index in [4.69, 9.17) is 0 Å². The van der Waals surface area contributed by atoms with E-state index in [0.29, 0.717) is 0 Å². The van der Waals surface area contributed by atoms with E-state index in [0.717, 1.165) is 4.47 Å². The Morgan fingerprint density at radius 2 is 1.94 bits per heavy atom. The van der Waals surface area contributed by atoms with Crippen molar-refractivity contribution in [3.63, 3.8) is 0 Å². The van der Waals surface area contributed by atoms with Gasteiger partial charge in [0, 0.05) is 4.47 Å². The topological polar surface area (TPSA) is 46.5 Å². The fraction of sp³-hybridized carbons (Fsp3) is 0.417. The van der Waals surface area contributed by atoms with Gasteiger partial charge in [-0.15, -0.1) is 0 Å². The van der Waals surface area contributed by atoms with Crippen LogP contribution in [-0.2, 0) is 9.53 Å². The largest absolute Gasteiger partial charge is 0.466 e. The summed E-state index contributed by atoms with van der Waals surface area (Å²) in [5, 5.41) is 9.84. The van der Waals surface area contributed by atoms with E-state index >= 15 is 0 Å². The normalized spacial score (nSPS) is 14.3. The number of rotatable bonds is 5. The second-order valence-electron chi connectivity index (χ2n) is 3.61. The molecule has 1 aromatic rings. The van der Waals surface area contributed by atoms with Crippen LogP contribution in [0.25, 0.3) is 0 Å². The molecule has 6 heteroatoms. The molecule has 3 nitrogen and oxygen atoms in total. The van der Waals surface area contributed by atoms with Crippen molar-refractivity contribution in [1.82, 2.24) is 0 Å². The summed E-state index contributed by atoms with van der Waals surface area (Å²) < 4.78 is 30.9. The van der Waals surface area contributed by atoms with Gasteiger partial charge in [0.2, 0.25) is 0 Å². The lowest BCUT2D eigenvalue weighted by Crippen LogP contribution is -2.30. The van der Waals surface area contributed by atoms with Gasteiger partial charge in [-0.3, -0.25) is 4.79 Å². The van der Waals surface area contributed by atoms with Gasteiger partial charge in [0.25, 0.3) is 6.43 Å². The number of aliphatic hydroxyl groups excluding tert-OH is 1. The van der Waals surface area contributed by atoms with Crippen molar-refractivity contribution >= 4 is 21.9 Å². The summed E-state index contributed by atoms with van der Waals surface area (Å²) in [4.78, 5) is 11.4. The van der Waals surface area contributed by atoms with E-state index in [1.54, 1.807) is 12.1 Å². The molecule has 0 aliphatic heterocycles. The number of carbonyl (C=O) groups is 1. The molecular formula is C12H13BrF2O3. The number of aliphatic hydroxyl groups is 1. The lowest BCUT2D eigenvalue weighted by molar-refractivity contribution is -0.160. The predicted molar refractivity (Wildman–Crippen MR) is 65.2 cm³/mol. The van der Waals surface area contributed by atoms with Crippen molar-refractivity contribution in [2.75, 3.05) is 6.61 Å². The lowest BCUT2D eigenvalue weighted by Gasteiger charge is -2.20. The number of carbonyl (C=O) groups excluding carboxylic acids is 1. The first-order valence-corrected chi connectivity index (χ1v) is 6.15. The number of halogens is 3. The molecule has 0 spiro atoms. The highest BCUT2D eigenvalue weighted by atomic mass is 79.9. The summed E-state index contributed by atoms with van der Waals surface area (Å²) in [5.74, 6) is -2.96. The van der Waals surface area contributed by atoms with Crippen LogP contribution < -0.4 is 0 Å². The zero-order valence-corrected chi connectivity index (χ0v) is 11.2. The van der Waals surface area contributed by atoms with Crippen LogP contribution >= 0.6 is 15.9 Å². The van der Waals surface area contributed by atoms with E-state index in [1.165, 1.54) is 19.1 Å². The maximum absolute atomic E-state index is 12.8. The summed E-state index contributed by atoms with van der Waals surface area (Å²) in [6.07, 6.45) is -4.57. The molecule has 0 aliphatic carbocycles. The monoisotopic (exact) mass is 322 g/mol. The highest BCUT2D eigenvalue weighted by Gasteiger charge is 2.37. The van der Waals surface area contributed by atoms with E-state index in [-0.39, 0.29) is 12.2 Å². The van der Waals surface area contributed by atoms with Crippen LogP contribution in [0.3, 0.4) is 0 Å². The number of hydrogen-bond donors (Lipinski definition) is 1. The standard InChI is InChI=1S/C12H13BrF2O3/c1-2-18-12(17)9(11(14)15)10(16)7-3-5-8(13)6-4-7/h3-6,9-11,16H,2H2,1H3. The minimum atomic E-state index is -2.98. The van der Waals surface area contributed by atoms with Crippen molar-refractivity contribution in [3.05, 3.63) is 34.3 Å². The van der Waals surface area contributed by atoms with Crippen LogP contribution in [0.15, 0.2) is 28.7 Å². The van der Waals surface area contributed by atoms with Gasteiger partial charge in [-0.25, -0.2) is 8.78 Å². The van der Waals surface area contributed by atoms with Gasteiger partial charge < -0.3 is 9.84 Å². The van der Waals surface area contributed by atoms with Crippen molar-refractivity contribution in [2.45, 2.75) is 19.5 Å². The second kappa shape index (κ2) is 6.80. The number of benzene rings is 1. The van der Waals surface area contributed by atoms with Gasteiger partial charge in [0.1, 0.15) is 5.92 Å². The first-order valence-electron chi connectivity index (χ1n) is 5.35. The van der Waals surface area contributed by atoms with Crippen molar-refractivity contribution in [2.24, 2.45) is 5.92 Å². The molecule has 0 bridgehead atoms. The van der Waals surface area contributed by atoms with Gasteiger partial charge in [0.15, 0.2) is 0 Å². The molecule has 0 saturated carbocycles. The summed E-state index contributed by atoms with van der Waals surface area (Å²) in [7, 11) is 0. The van der Waals surface area contributed by atoms with Gasteiger partial charge in [-0.2, -0.15) is 0 Å². The molecule has 0 heterocycles. The Labute approximate surface area is 112 Å². The van der Waals surface area contributed by atoms with E-state index in [1.807, 2.05) is 0 Å². The Morgan fingerprint density at radius 3 is 2.39 bits per heavy atom. The van der Waals surface area contributed by atoms with E-state index in [9.17, 15) is 18.7 Å². The van der Waals surface area contributed by atoms with Gasteiger partial charge in [-0.1, -0.05) is 28.1 Å². The Morgan fingerprint density at radius 1 is 1.39 bits per heavy atom. The third-order valence-electron chi connectivity index (χ3n) is 2.38. The average molecular weight is 323 g/mol. The third kappa shape index (κ3) is 3.74. The summed E-state index contributed by atoms with van der Waals surface area (Å²) in [6.45, 7) is 1.52. The molecule has 1 N–H and O–H groups in total. The third-order valence-corrected chi connectivity index (χ3v) is 2.91. The van der Waals surface area contributed by atoms with E-state index in [2.05, 4.69) is 20.7 Å². The minimum absolute atomic E-state index is 0.00485. The van der Waals surface area contributed by atoms with Gasteiger partial charge >= 0.3 is 5.97 Å². The number of esters is 1. The number of hydrogen-bond acceptors (Lipinski definition) is 3. The zero-order valence-electron chi connectivity index (χ0n) is 9.65. The lowest BCUT2D eigenvalue weighted by atomic mass is 9.96. The predicted octanol–water partition coefficient (Wildman–Crippen LogP) is 2.93. The molecular weight excluding hydrogens is 310 g/mol. The molecule has 0 amide bonds. The Kier molecular flexibility index (Phi) is 5.68. The van der Waals surface area contributed by atoms with Crippen LogP contribution in [0, 0.1) is 5.92 Å². The minimum Gasteiger partial charge on any atom is -0.466 e. The van der Waals surface area contributed by atoms with Crippen molar-refractivity contribution in [3.8, 4) is 0 Å². The van der Waals surface area contributed by atoms with Crippen LogP contribution in [0.5, 0.6) is 0 Å². The fourth-order valence-electron chi connectivity index (χ4n) is 1.48. The van der Waals surface area contributed by atoms with Crippen LogP contribution in [0.2, 0.25) is 0 Å². The van der Waals surface area contributed by atoms with Gasteiger partial charge in [0.05, 0.1) is 12.7 Å². The molecule has 0 aliphatic rings. The van der Waals surface area contributed by atoms with Crippen LogP contribution in [-0.4, -0.2) is 24.1 Å². The molecule has 2 atom stereocenters. The molecule has 1 aromatic carbocycles. The fourth-order valence-corrected chi connectivity index (χ4v) is 1.74. The quantitative estimate of drug-likeness (QED) is 0.848. The first-order chi connectivity index (χ1) is 8.47. The summed E-state index contributed by atoms with van der Waals surface area (Å²) >= 11 is 3.19. The molecule has 0 fully saturated rings. The smallest absolute Gasteiger partial charge is 0.317 e. The maximum atomic E-state index is 12.8. The average Bonchev–Trinajstić information content (AvgIpc) is 2.29. The first kappa shape index (κ1) is 15.0. The molecule has 18 heavy (non-hydrogen) atoms. The highest BCUT2D eigenvalue weighted by Crippen LogP contribution is 2.29. The molecule has 0 aromatic heterocycles. The van der Waals surface area contributed by atoms with E-state index < -0.39 is 24.4 Å². The van der Waals surface area contributed by atoms with Crippen LogP contribution in [0.4, 0.5) is 8.78 Å². The van der Waals surface area contributed by atoms with Gasteiger partial charge in [-0.05, 0) is 24.6 Å². The highest BCUT2D eigenvalue weighted by molar-refractivity contribution is 9.10.